The first-order valence-corrected chi connectivity index (χ1v) is 5.89. The molecule has 0 atom stereocenters. The molecule has 1 nitrogen and oxygen atoms in total. The molecule has 0 spiro atoms. The Morgan fingerprint density at radius 1 is 1.07 bits per heavy atom. The Kier molecular flexibility index (Phi) is 8.40. The number of allylic oxidation sites excluding steroid dienone is 2. The summed E-state index contributed by atoms with van der Waals surface area (Å²) in [5, 5.41) is 0. The van der Waals surface area contributed by atoms with Crippen molar-refractivity contribution in [2.24, 2.45) is 5.41 Å². The Labute approximate surface area is 95.2 Å². The van der Waals surface area contributed by atoms with Crippen LogP contribution in [0, 0.1) is 5.41 Å². The molecule has 0 heterocycles. The van der Waals surface area contributed by atoms with E-state index in [-0.39, 0.29) is 0 Å². The summed E-state index contributed by atoms with van der Waals surface area (Å²) >= 11 is 0. The number of methoxy groups -OCH3 is 1. The summed E-state index contributed by atoms with van der Waals surface area (Å²) in [5.74, 6) is 0. The van der Waals surface area contributed by atoms with Gasteiger partial charge in [-0.25, -0.2) is 0 Å². The van der Waals surface area contributed by atoms with Crippen LogP contribution >= 0.6 is 0 Å². The van der Waals surface area contributed by atoms with E-state index >= 15 is 0 Å². The fourth-order valence-corrected chi connectivity index (χ4v) is 1.96. The van der Waals surface area contributed by atoms with E-state index in [0.717, 1.165) is 19.4 Å². The Balaban J connectivity index is 3.92. The van der Waals surface area contributed by atoms with Crippen molar-refractivity contribution in [1.82, 2.24) is 0 Å². The lowest BCUT2D eigenvalue weighted by molar-refractivity contribution is 0.0758. The molecule has 0 aliphatic carbocycles. The number of unbranched alkanes of at least 4 members (excludes halogenated alkanes) is 2. The van der Waals surface area contributed by atoms with Gasteiger partial charge in [0.25, 0.3) is 0 Å². The molecule has 0 saturated carbocycles. The summed E-state index contributed by atoms with van der Waals surface area (Å²) < 4.78 is 5.32. The fourth-order valence-electron chi connectivity index (χ4n) is 1.96. The number of ether oxygens (including phenoxy) is 1. The quantitative estimate of drug-likeness (QED) is 0.385. The van der Waals surface area contributed by atoms with E-state index in [1.165, 1.54) is 25.7 Å². The van der Waals surface area contributed by atoms with Crippen LogP contribution < -0.4 is 0 Å². The first-order chi connectivity index (χ1) is 7.18. The van der Waals surface area contributed by atoms with Gasteiger partial charge in [0.05, 0.1) is 6.61 Å². The average molecular weight is 210 g/mol. The third kappa shape index (κ3) is 7.38. The Morgan fingerprint density at radius 3 is 1.87 bits per heavy atom. The average Bonchev–Trinajstić information content (AvgIpc) is 2.19. The van der Waals surface area contributed by atoms with Crippen molar-refractivity contribution in [1.29, 1.82) is 0 Å². The second-order valence-corrected chi connectivity index (χ2v) is 4.61. The van der Waals surface area contributed by atoms with Crippen molar-refractivity contribution in [3.05, 3.63) is 25.3 Å². The molecule has 0 aromatic carbocycles. The van der Waals surface area contributed by atoms with Gasteiger partial charge in [0, 0.05) is 7.11 Å². The van der Waals surface area contributed by atoms with Crippen LogP contribution in [0.4, 0.5) is 0 Å². The molecule has 0 amide bonds. The van der Waals surface area contributed by atoms with Crippen molar-refractivity contribution in [2.45, 2.75) is 45.4 Å². The van der Waals surface area contributed by atoms with Gasteiger partial charge in [0.1, 0.15) is 0 Å². The third-order valence-electron chi connectivity index (χ3n) is 2.87. The largest absolute Gasteiger partial charge is 0.384 e. The molecule has 0 saturated heterocycles. The summed E-state index contributed by atoms with van der Waals surface area (Å²) in [6.45, 7) is 10.7. The minimum Gasteiger partial charge on any atom is -0.384 e. The van der Waals surface area contributed by atoms with Crippen LogP contribution in [-0.2, 0) is 4.74 Å². The Morgan fingerprint density at radius 2 is 1.53 bits per heavy atom. The van der Waals surface area contributed by atoms with Gasteiger partial charge in [-0.2, -0.15) is 0 Å². The van der Waals surface area contributed by atoms with E-state index in [0.29, 0.717) is 5.41 Å². The highest BCUT2D eigenvalue weighted by Crippen LogP contribution is 2.30. The van der Waals surface area contributed by atoms with E-state index < -0.39 is 0 Å². The summed E-state index contributed by atoms with van der Waals surface area (Å²) in [6.07, 6.45) is 11.1. The van der Waals surface area contributed by atoms with Crippen LogP contribution in [0.1, 0.15) is 45.4 Å². The highest BCUT2D eigenvalue weighted by molar-refractivity contribution is 4.78. The van der Waals surface area contributed by atoms with Gasteiger partial charge in [-0.3, -0.25) is 0 Å². The predicted octanol–water partition coefficient (Wildman–Crippen LogP) is 4.35. The van der Waals surface area contributed by atoms with Gasteiger partial charge in [-0.05, 0) is 43.9 Å². The van der Waals surface area contributed by atoms with Crippen LogP contribution in [0.15, 0.2) is 25.3 Å². The number of hydrogen-bond acceptors (Lipinski definition) is 1. The predicted molar refractivity (Wildman–Crippen MR) is 68.1 cm³/mol. The Hall–Kier alpha value is -0.560. The van der Waals surface area contributed by atoms with Gasteiger partial charge >= 0.3 is 0 Å². The van der Waals surface area contributed by atoms with Gasteiger partial charge in [-0.1, -0.05) is 19.1 Å². The summed E-state index contributed by atoms with van der Waals surface area (Å²) in [4.78, 5) is 0. The maximum absolute atomic E-state index is 5.32. The smallest absolute Gasteiger partial charge is 0.0515 e. The minimum absolute atomic E-state index is 0.334. The van der Waals surface area contributed by atoms with E-state index in [1.807, 2.05) is 12.2 Å². The summed E-state index contributed by atoms with van der Waals surface area (Å²) in [7, 11) is 1.79. The lowest BCUT2D eigenvalue weighted by Crippen LogP contribution is -2.22. The minimum atomic E-state index is 0.334. The lowest BCUT2D eigenvalue weighted by Gasteiger charge is -2.28. The standard InChI is InChI=1S/C14H26O/c1-5-7-9-11-14(3,13-15-4)12-10-8-6-2/h5-6H,1-2,7-13H2,3-4H3. The molecule has 0 fully saturated rings. The zero-order valence-electron chi connectivity index (χ0n) is 10.4. The molecule has 88 valence electrons. The second-order valence-electron chi connectivity index (χ2n) is 4.61. The van der Waals surface area contributed by atoms with Crippen LogP contribution in [0.25, 0.3) is 0 Å². The van der Waals surface area contributed by atoms with E-state index in [1.54, 1.807) is 7.11 Å². The molecular weight excluding hydrogens is 184 g/mol. The molecule has 1 heteroatoms. The van der Waals surface area contributed by atoms with Gasteiger partial charge in [0.15, 0.2) is 0 Å². The normalized spacial score (nSPS) is 11.3. The molecular formula is C14H26O. The van der Waals surface area contributed by atoms with Crippen molar-refractivity contribution in [3.63, 3.8) is 0 Å². The lowest BCUT2D eigenvalue weighted by atomic mass is 9.81. The first kappa shape index (κ1) is 14.4. The van der Waals surface area contributed by atoms with Crippen molar-refractivity contribution >= 4 is 0 Å². The summed E-state index contributed by atoms with van der Waals surface area (Å²) in [6, 6.07) is 0. The van der Waals surface area contributed by atoms with Gasteiger partial charge < -0.3 is 4.74 Å². The fraction of sp³-hybridized carbons (Fsp3) is 0.714. The van der Waals surface area contributed by atoms with Crippen molar-refractivity contribution in [3.8, 4) is 0 Å². The third-order valence-corrected chi connectivity index (χ3v) is 2.87. The molecule has 0 unspecified atom stereocenters. The van der Waals surface area contributed by atoms with E-state index in [9.17, 15) is 0 Å². The van der Waals surface area contributed by atoms with Gasteiger partial charge in [0.2, 0.25) is 0 Å². The van der Waals surface area contributed by atoms with E-state index in [4.69, 9.17) is 4.74 Å². The monoisotopic (exact) mass is 210 g/mol. The van der Waals surface area contributed by atoms with E-state index in [2.05, 4.69) is 20.1 Å². The molecule has 0 radical (unpaired) electrons. The Bertz CT molecular complexity index is 158. The molecule has 0 bridgehead atoms. The van der Waals surface area contributed by atoms with Crippen LogP contribution in [0.5, 0.6) is 0 Å². The van der Waals surface area contributed by atoms with Crippen molar-refractivity contribution in [2.75, 3.05) is 13.7 Å². The SMILES string of the molecule is C=CCCCC(C)(CCCC=C)COC. The topological polar surface area (TPSA) is 9.23 Å². The molecule has 15 heavy (non-hydrogen) atoms. The zero-order valence-corrected chi connectivity index (χ0v) is 10.4. The molecule has 0 aliphatic rings. The molecule has 0 aromatic heterocycles. The molecule has 0 N–H and O–H groups in total. The molecule has 0 rings (SSSR count). The highest BCUT2D eigenvalue weighted by Gasteiger charge is 2.22. The van der Waals surface area contributed by atoms with Crippen LogP contribution in [0.2, 0.25) is 0 Å². The van der Waals surface area contributed by atoms with Crippen LogP contribution in [-0.4, -0.2) is 13.7 Å². The van der Waals surface area contributed by atoms with Crippen LogP contribution in [0.3, 0.4) is 0 Å². The summed E-state index contributed by atoms with van der Waals surface area (Å²) in [5.41, 5.74) is 0.334. The second kappa shape index (κ2) is 8.72. The number of hydrogen-bond donors (Lipinski definition) is 0. The van der Waals surface area contributed by atoms with Gasteiger partial charge in [-0.15, -0.1) is 13.2 Å². The first-order valence-electron chi connectivity index (χ1n) is 5.89. The molecule has 0 aromatic rings. The maximum Gasteiger partial charge on any atom is 0.0515 e. The number of rotatable bonds is 10. The highest BCUT2D eigenvalue weighted by atomic mass is 16.5. The van der Waals surface area contributed by atoms with Crippen molar-refractivity contribution < 1.29 is 4.74 Å². The molecule has 0 aliphatic heterocycles. The maximum atomic E-state index is 5.32. The zero-order chi connectivity index (χ0) is 11.6.